The van der Waals surface area contributed by atoms with Crippen LogP contribution in [-0.2, 0) is 12.8 Å². The van der Waals surface area contributed by atoms with Crippen molar-refractivity contribution in [2.24, 2.45) is 5.10 Å². The lowest BCUT2D eigenvalue weighted by Gasteiger charge is -2.09. The van der Waals surface area contributed by atoms with Crippen LogP contribution in [0.5, 0.6) is 5.75 Å². The number of nitro groups is 1. The first-order valence-corrected chi connectivity index (χ1v) is 9.93. The zero-order chi connectivity index (χ0) is 22.4. The lowest BCUT2D eigenvalue weighted by atomic mass is 10.1. The Balaban J connectivity index is 1.68. The van der Waals surface area contributed by atoms with E-state index >= 15 is 0 Å². The summed E-state index contributed by atoms with van der Waals surface area (Å²) in [5, 5.41) is 15.0. The number of alkyl halides is 3. The molecule has 6 nitrogen and oxygen atoms in total. The summed E-state index contributed by atoms with van der Waals surface area (Å²) < 4.78 is 45.0. The minimum absolute atomic E-state index is 0.147. The van der Waals surface area contributed by atoms with E-state index in [0.717, 1.165) is 21.3 Å². The van der Waals surface area contributed by atoms with Gasteiger partial charge in [-0.3, -0.25) is 15.5 Å². The molecule has 10 heteroatoms. The SMILES string of the molecule is O=[N+]([O-])c1cc(C(F)(F)F)ccc1N/N=C\c1ccc(OCc2ccccc2)c(I)c1. The number of hydrogen-bond acceptors (Lipinski definition) is 5. The Morgan fingerprint density at radius 2 is 1.84 bits per heavy atom. The third-order valence-corrected chi connectivity index (χ3v) is 4.96. The van der Waals surface area contributed by atoms with Crippen LogP contribution in [0, 0.1) is 13.7 Å². The Morgan fingerprint density at radius 1 is 1.10 bits per heavy atom. The van der Waals surface area contributed by atoms with E-state index in [1.807, 2.05) is 30.3 Å². The van der Waals surface area contributed by atoms with E-state index in [1.165, 1.54) is 6.21 Å². The van der Waals surface area contributed by atoms with Crippen LogP contribution in [0.2, 0.25) is 0 Å². The van der Waals surface area contributed by atoms with Crippen LogP contribution >= 0.6 is 22.6 Å². The van der Waals surface area contributed by atoms with Gasteiger partial charge in [-0.05, 0) is 64.0 Å². The third kappa shape index (κ3) is 6.17. The van der Waals surface area contributed by atoms with E-state index < -0.39 is 22.4 Å². The zero-order valence-electron chi connectivity index (χ0n) is 15.8. The first kappa shape index (κ1) is 22.5. The van der Waals surface area contributed by atoms with Crippen LogP contribution in [-0.4, -0.2) is 11.1 Å². The van der Waals surface area contributed by atoms with E-state index in [9.17, 15) is 23.3 Å². The first-order chi connectivity index (χ1) is 14.7. The highest BCUT2D eigenvalue weighted by Crippen LogP contribution is 2.35. The highest BCUT2D eigenvalue weighted by atomic mass is 127. The first-order valence-electron chi connectivity index (χ1n) is 8.85. The van der Waals surface area contributed by atoms with Gasteiger partial charge in [-0.25, -0.2) is 0 Å². The van der Waals surface area contributed by atoms with E-state index in [-0.39, 0.29) is 5.69 Å². The highest BCUT2D eigenvalue weighted by Gasteiger charge is 2.33. The molecule has 1 N–H and O–H groups in total. The summed E-state index contributed by atoms with van der Waals surface area (Å²) in [6, 6.07) is 17.2. The number of nitrogens with one attached hydrogen (secondary N) is 1. The van der Waals surface area contributed by atoms with Crippen LogP contribution in [0.4, 0.5) is 24.5 Å². The smallest absolute Gasteiger partial charge is 0.416 e. The van der Waals surface area contributed by atoms with Crippen LogP contribution < -0.4 is 10.2 Å². The van der Waals surface area contributed by atoms with Crippen molar-refractivity contribution < 1.29 is 22.8 Å². The fourth-order valence-corrected chi connectivity index (χ4v) is 3.27. The van der Waals surface area contributed by atoms with Gasteiger partial charge >= 0.3 is 6.18 Å². The minimum Gasteiger partial charge on any atom is -0.488 e. The number of halogens is 4. The third-order valence-electron chi connectivity index (χ3n) is 4.11. The molecule has 0 aliphatic carbocycles. The van der Waals surface area contributed by atoms with Crippen molar-refractivity contribution in [2.75, 3.05) is 5.43 Å². The van der Waals surface area contributed by atoms with Crippen molar-refractivity contribution in [2.45, 2.75) is 12.8 Å². The Labute approximate surface area is 189 Å². The summed E-state index contributed by atoms with van der Waals surface area (Å²) in [5.74, 6) is 0.688. The standard InChI is InChI=1S/C21H15F3IN3O3/c22-21(23,24)16-7-8-18(19(11-16)28(29)30)27-26-12-15-6-9-20(17(25)10-15)31-13-14-4-2-1-3-5-14/h1-12,27H,13H2/b26-12-. The molecule has 0 fully saturated rings. The molecule has 3 rings (SSSR count). The number of nitro benzene ring substituents is 1. The fourth-order valence-electron chi connectivity index (χ4n) is 2.58. The maximum atomic E-state index is 12.8. The number of hydrogen-bond donors (Lipinski definition) is 1. The largest absolute Gasteiger partial charge is 0.488 e. The summed E-state index contributed by atoms with van der Waals surface area (Å²) in [5.41, 5.74) is 2.18. The molecule has 0 aliphatic heterocycles. The number of benzene rings is 3. The van der Waals surface area contributed by atoms with Gasteiger partial charge in [0.15, 0.2) is 0 Å². The minimum atomic E-state index is -4.67. The van der Waals surface area contributed by atoms with Crippen LogP contribution in [0.1, 0.15) is 16.7 Å². The molecule has 0 radical (unpaired) electrons. The van der Waals surface area contributed by atoms with Crippen molar-refractivity contribution in [1.82, 2.24) is 0 Å². The molecule has 0 heterocycles. The average Bonchev–Trinajstić information content (AvgIpc) is 2.73. The van der Waals surface area contributed by atoms with Gasteiger partial charge in [0.05, 0.1) is 20.3 Å². The zero-order valence-corrected chi connectivity index (χ0v) is 17.9. The predicted molar refractivity (Wildman–Crippen MR) is 119 cm³/mol. The van der Waals surface area contributed by atoms with Gasteiger partial charge in [0, 0.05) is 6.07 Å². The second kappa shape index (κ2) is 9.77. The van der Waals surface area contributed by atoms with Gasteiger partial charge in [0.25, 0.3) is 5.69 Å². The van der Waals surface area contributed by atoms with E-state index in [1.54, 1.807) is 18.2 Å². The molecular weight excluding hydrogens is 526 g/mol. The molecular formula is C21H15F3IN3O3. The van der Waals surface area contributed by atoms with Crippen LogP contribution in [0.25, 0.3) is 0 Å². The van der Waals surface area contributed by atoms with Gasteiger partial charge in [-0.2, -0.15) is 18.3 Å². The normalized spacial score (nSPS) is 11.5. The Bertz CT molecular complexity index is 1110. The summed E-state index contributed by atoms with van der Waals surface area (Å²) >= 11 is 2.11. The van der Waals surface area contributed by atoms with E-state index in [0.29, 0.717) is 24.0 Å². The fraction of sp³-hybridized carbons (Fsp3) is 0.0952. The van der Waals surface area contributed by atoms with Gasteiger partial charge in [0.2, 0.25) is 0 Å². The number of nitrogens with zero attached hydrogens (tertiary/aromatic N) is 2. The van der Waals surface area contributed by atoms with Crippen molar-refractivity contribution in [3.63, 3.8) is 0 Å². The molecule has 0 saturated carbocycles. The lowest BCUT2D eigenvalue weighted by molar-refractivity contribution is -0.384. The second-order valence-electron chi connectivity index (χ2n) is 6.32. The number of anilines is 1. The topological polar surface area (TPSA) is 76.8 Å². The van der Waals surface area contributed by atoms with Gasteiger partial charge in [-0.1, -0.05) is 30.3 Å². The van der Waals surface area contributed by atoms with Gasteiger partial charge in [0.1, 0.15) is 18.0 Å². The molecule has 0 spiro atoms. The van der Waals surface area contributed by atoms with Crippen molar-refractivity contribution >= 4 is 40.2 Å². The average molecular weight is 541 g/mol. The molecule has 160 valence electrons. The molecule has 0 saturated heterocycles. The van der Waals surface area contributed by atoms with Gasteiger partial charge in [-0.15, -0.1) is 0 Å². The molecule has 0 unspecified atom stereocenters. The molecule has 0 bridgehead atoms. The predicted octanol–water partition coefficient (Wildman–Crippen LogP) is 6.24. The van der Waals surface area contributed by atoms with Crippen LogP contribution in [0.15, 0.2) is 71.8 Å². The Hall–Kier alpha value is -3.15. The summed E-state index contributed by atoms with van der Waals surface area (Å²) in [7, 11) is 0. The number of hydrazone groups is 1. The molecule has 0 aliphatic rings. The Morgan fingerprint density at radius 3 is 2.48 bits per heavy atom. The second-order valence-corrected chi connectivity index (χ2v) is 7.48. The quantitative estimate of drug-likeness (QED) is 0.166. The summed E-state index contributed by atoms with van der Waals surface area (Å²) in [6.07, 6.45) is -3.27. The maximum absolute atomic E-state index is 12.8. The molecule has 0 aromatic heterocycles. The van der Waals surface area contributed by atoms with Crippen LogP contribution in [0.3, 0.4) is 0 Å². The monoisotopic (exact) mass is 541 g/mol. The number of rotatable bonds is 7. The number of ether oxygens (including phenoxy) is 1. The van der Waals surface area contributed by atoms with Crippen molar-refractivity contribution in [3.05, 3.63) is 97.1 Å². The van der Waals surface area contributed by atoms with E-state index in [4.69, 9.17) is 4.74 Å². The highest BCUT2D eigenvalue weighted by molar-refractivity contribution is 14.1. The molecule has 31 heavy (non-hydrogen) atoms. The summed E-state index contributed by atoms with van der Waals surface area (Å²) in [4.78, 5) is 10.2. The van der Waals surface area contributed by atoms with Crippen molar-refractivity contribution in [1.29, 1.82) is 0 Å². The molecule has 0 atom stereocenters. The van der Waals surface area contributed by atoms with E-state index in [2.05, 4.69) is 33.1 Å². The molecule has 3 aromatic rings. The summed E-state index contributed by atoms with van der Waals surface area (Å²) in [6.45, 7) is 0.420. The molecule has 3 aromatic carbocycles. The maximum Gasteiger partial charge on any atom is 0.416 e. The Kier molecular flexibility index (Phi) is 7.10. The molecule has 0 amide bonds. The van der Waals surface area contributed by atoms with Gasteiger partial charge < -0.3 is 4.74 Å². The lowest BCUT2D eigenvalue weighted by Crippen LogP contribution is -2.06. The van der Waals surface area contributed by atoms with Crippen molar-refractivity contribution in [3.8, 4) is 5.75 Å².